The zero-order chi connectivity index (χ0) is 11.5. The van der Waals surface area contributed by atoms with Crippen molar-refractivity contribution in [1.29, 1.82) is 0 Å². The summed E-state index contributed by atoms with van der Waals surface area (Å²) in [6, 6.07) is 9.77. The molecular weight excluding hydrogens is 202 g/mol. The van der Waals surface area contributed by atoms with Crippen molar-refractivity contribution in [3.05, 3.63) is 36.1 Å². The first-order chi connectivity index (χ1) is 7.66. The van der Waals surface area contributed by atoms with Crippen LogP contribution in [0.1, 0.15) is 19.6 Å². The molecule has 0 fully saturated rings. The van der Waals surface area contributed by atoms with Crippen LogP contribution < -0.4 is 5.32 Å². The van der Waals surface area contributed by atoms with Crippen molar-refractivity contribution < 1.29 is 9.21 Å². The van der Waals surface area contributed by atoms with Crippen molar-refractivity contribution in [2.24, 2.45) is 5.92 Å². The number of fused-ring (bicyclic) bond motifs is 1. The molecule has 1 N–H and O–H groups in total. The maximum Gasteiger partial charge on any atom is 0.222 e. The number of furan rings is 1. The van der Waals surface area contributed by atoms with Crippen molar-refractivity contribution in [3.8, 4) is 0 Å². The molecule has 0 aliphatic heterocycles. The first-order valence-corrected chi connectivity index (χ1v) is 5.42. The van der Waals surface area contributed by atoms with Gasteiger partial charge in [-0.25, -0.2) is 0 Å². The summed E-state index contributed by atoms with van der Waals surface area (Å²) in [6.07, 6.45) is 0. The van der Waals surface area contributed by atoms with Crippen LogP contribution >= 0.6 is 0 Å². The lowest BCUT2D eigenvalue weighted by molar-refractivity contribution is -0.124. The van der Waals surface area contributed by atoms with Gasteiger partial charge >= 0.3 is 0 Å². The predicted molar refractivity (Wildman–Crippen MR) is 62.9 cm³/mol. The Kier molecular flexibility index (Phi) is 2.95. The molecule has 0 aliphatic carbocycles. The normalized spacial score (nSPS) is 10.9. The molecule has 0 aliphatic rings. The zero-order valence-electron chi connectivity index (χ0n) is 9.49. The Morgan fingerprint density at radius 2 is 2.12 bits per heavy atom. The Labute approximate surface area is 94.4 Å². The van der Waals surface area contributed by atoms with E-state index in [0.29, 0.717) is 6.54 Å². The van der Waals surface area contributed by atoms with Gasteiger partial charge in [0.05, 0.1) is 6.54 Å². The average molecular weight is 217 g/mol. The molecule has 16 heavy (non-hydrogen) atoms. The lowest BCUT2D eigenvalue weighted by atomic mass is 10.2. The number of hydrogen-bond acceptors (Lipinski definition) is 2. The Hall–Kier alpha value is -1.77. The lowest BCUT2D eigenvalue weighted by Gasteiger charge is -2.04. The first kappa shape index (κ1) is 10.7. The van der Waals surface area contributed by atoms with E-state index in [0.717, 1.165) is 16.7 Å². The quantitative estimate of drug-likeness (QED) is 0.858. The summed E-state index contributed by atoms with van der Waals surface area (Å²) >= 11 is 0. The van der Waals surface area contributed by atoms with E-state index in [1.54, 1.807) is 0 Å². The minimum absolute atomic E-state index is 0.00405. The third kappa shape index (κ3) is 2.24. The fraction of sp³-hybridized carbons (Fsp3) is 0.308. The largest absolute Gasteiger partial charge is 0.459 e. The number of carbonyl (C=O) groups excluding carboxylic acids is 1. The fourth-order valence-corrected chi connectivity index (χ4v) is 1.50. The second-order valence-corrected chi connectivity index (χ2v) is 4.12. The summed E-state index contributed by atoms with van der Waals surface area (Å²) in [5, 5.41) is 3.89. The van der Waals surface area contributed by atoms with E-state index in [4.69, 9.17) is 4.42 Å². The Bertz CT molecular complexity index is 466. The van der Waals surface area contributed by atoms with Gasteiger partial charge in [-0.3, -0.25) is 4.79 Å². The number of amides is 1. The smallest absolute Gasteiger partial charge is 0.222 e. The average Bonchev–Trinajstić information content (AvgIpc) is 2.68. The van der Waals surface area contributed by atoms with Crippen molar-refractivity contribution in [1.82, 2.24) is 5.32 Å². The highest BCUT2D eigenvalue weighted by Gasteiger charge is 2.08. The highest BCUT2D eigenvalue weighted by molar-refractivity contribution is 5.79. The van der Waals surface area contributed by atoms with Crippen LogP contribution in [0.5, 0.6) is 0 Å². The summed E-state index contributed by atoms with van der Waals surface area (Å²) < 4.78 is 5.58. The number of benzene rings is 1. The minimum atomic E-state index is 0.00405. The van der Waals surface area contributed by atoms with Crippen molar-refractivity contribution in [3.63, 3.8) is 0 Å². The fourth-order valence-electron chi connectivity index (χ4n) is 1.50. The minimum Gasteiger partial charge on any atom is -0.459 e. The molecule has 3 heteroatoms. The molecule has 1 heterocycles. The van der Waals surface area contributed by atoms with Crippen LogP contribution in [0.3, 0.4) is 0 Å². The van der Waals surface area contributed by atoms with Crippen LogP contribution in [0.2, 0.25) is 0 Å². The first-order valence-electron chi connectivity index (χ1n) is 5.42. The van der Waals surface area contributed by atoms with Crippen LogP contribution in [0.15, 0.2) is 34.7 Å². The molecule has 0 atom stereocenters. The van der Waals surface area contributed by atoms with Gasteiger partial charge < -0.3 is 9.73 Å². The van der Waals surface area contributed by atoms with Gasteiger partial charge in [0.1, 0.15) is 11.3 Å². The van der Waals surface area contributed by atoms with E-state index in [9.17, 15) is 4.79 Å². The monoisotopic (exact) mass is 217 g/mol. The number of carbonyl (C=O) groups is 1. The number of nitrogens with one attached hydrogen (secondary N) is 1. The van der Waals surface area contributed by atoms with Crippen LogP contribution in [0, 0.1) is 5.92 Å². The summed E-state index contributed by atoms with van der Waals surface area (Å²) in [6.45, 7) is 4.19. The molecule has 0 spiro atoms. The van der Waals surface area contributed by atoms with Gasteiger partial charge in [-0.2, -0.15) is 0 Å². The second kappa shape index (κ2) is 4.39. The molecule has 1 aromatic carbocycles. The Morgan fingerprint density at radius 3 is 2.81 bits per heavy atom. The highest BCUT2D eigenvalue weighted by Crippen LogP contribution is 2.18. The number of rotatable bonds is 3. The predicted octanol–water partition coefficient (Wildman–Crippen LogP) is 2.71. The van der Waals surface area contributed by atoms with E-state index >= 15 is 0 Å². The number of hydrogen-bond donors (Lipinski definition) is 1. The number of para-hydroxylation sites is 1. The summed E-state index contributed by atoms with van der Waals surface area (Å²) in [7, 11) is 0. The standard InChI is InChI=1S/C13H15NO2/c1-9(2)13(15)14-8-11-7-10-5-3-4-6-12(10)16-11/h3-7,9H,8H2,1-2H3,(H,14,15). The molecule has 0 saturated heterocycles. The highest BCUT2D eigenvalue weighted by atomic mass is 16.3. The molecular formula is C13H15NO2. The van der Waals surface area contributed by atoms with Gasteiger partial charge in [0.2, 0.25) is 5.91 Å². The molecule has 2 aromatic rings. The zero-order valence-corrected chi connectivity index (χ0v) is 9.49. The second-order valence-electron chi connectivity index (χ2n) is 4.12. The molecule has 1 aromatic heterocycles. The molecule has 0 unspecified atom stereocenters. The topological polar surface area (TPSA) is 42.2 Å². The van der Waals surface area contributed by atoms with E-state index in [1.807, 2.05) is 44.2 Å². The molecule has 2 rings (SSSR count). The van der Waals surface area contributed by atoms with Gasteiger partial charge in [-0.05, 0) is 12.1 Å². The van der Waals surface area contributed by atoms with E-state index in [-0.39, 0.29) is 11.8 Å². The van der Waals surface area contributed by atoms with Crippen LogP contribution in [-0.2, 0) is 11.3 Å². The summed E-state index contributed by atoms with van der Waals surface area (Å²) in [5.74, 6) is 0.833. The molecule has 84 valence electrons. The van der Waals surface area contributed by atoms with Crippen LogP contribution in [0.4, 0.5) is 0 Å². The van der Waals surface area contributed by atoms with Gasteiger partial charge in [0.25, 0.3) is 0 Å². The molecule has 0 saturated carbocycles. The maximum absolute atomic E-state index is 11.4. The molecule has 0 radical (unpaired) electrons. The third-order valence-corrected chi connectivity index (χ3v) is 2.44. The van der Waals surface area contributed by atoms with E-state index in [1.165, 1.54) is 0 Å². The summed E-state index contributed by atoms with van der Waals surface area (Å²) in [4.78, 5) is 11.4. The lowest BCUT2D eigenvalue weighted by Crippen LogP contribution is -2.26. The molecule has 0 bridgehead atoms. The SMILES string of the molecule is CC(C)C(=O)NCc1cc2ccccc2o1. The Balaban J connectivity index is 2.07. The maximum atomic E-state index is 11.4. The van der Waals surface area contributed by atoms with Gasteiger partial charge in [0.15, 0.2) is 0 Å². The Morgan fingerprint density at radius 1 is 1.38 bits per heavy atom. The van der Waals surface area contributed by atoms with Crippen molar-refractivity contribution in [2.75, 3.05) is 0 Å². The van der Waals surface area contributed by atoms with Gasteiger partial charge in [0, 0.05) is 11.3 Å². The van der Waals surface area contributed by atoms with Gasteiger partial charge in [-0.15, -0.1) is 0 Å². The van der Waals surface area contributed by atoms with Gasteiger partial charge in [-0.1, -0.05) is 32.0 Å². The van der Waals surface area contributed by atoms with Crippen molar-refractivity contribution in [2.45, 2.75) is 20.4 Å². The molecule has 3 nitrogen and oxygen atoms in total. The third-order valence-electron chi connectivity index (χ3n) is 2.44. The van der Waals surface area contributed by atoms with Crippen molar-refractivity contribution >= 4 is 16.9 Å². The van der Waals surface area contributed by atoms with Crippen LogP contribution in [0.25, 0.3) is 11.0 Å². The van der Waals surface area contributed by atoms with E-state index < -0.39 is 0 Å². The van der Waals surface area contributed by atoms with E-state index in [2.05, 4.69) is 5.32 Å². The van der Waals surface area contributed by atoms with Crippen LogP contribution in [-0.4, -0.2) is 5.91 Å². The summed E-state index contributed by atoms with van der Waals surface area (Å²) in [5.41, 5.74) is 0.858. The molecule has 1 amide bonds.